The van der Waals surface area contributed by atoms with Gasteiger partial charge in [-0.1, -0.05) is 42.1 Å². The summed E-state index contributed by atoms with van der Waals surface area (Å²) in [5.41, 5.74) is 2.50. The van der Waals surface area contributed by atoms with Crippen LogP contribution >= 0.6 is 23.1 Å². The summed E-state index contributed by atoms with van der Waals surface area (Å²) in [4.78, 5) is 19.5. The van der Waals surface area contributed by atoms with E-state index in [2.05, 4.69) is 20.5 Å². The fraction of sp³-hybridized carbons (Fsp3) is 0.190. The van der Waals surface area contributed by atoms with Crippen LogP contribution in [0.5, 0.6) is 0 Å². The van der Waals surface area contributed by atoms with Gasteiger partial charge in [0, 0.05) is 17.5 Å². The highest BCUT2D eigenvalue weighted by molar-refractivity contribution is 7.99. The largest absolute Gasteiger partial charge is 0.283 e. The molecule has 0 fully saturated rings. The summed E-state index contributed by atoms with van der Waals surface area (Å²) in [6.07, 6.45) is 0. The monoisotopic (exact) mass is 454 g/mol. The maximum Gasteiger partial charge on any atom is 0.239 e. The van der Waals surface area contributed by atoms with Crippen molar-refractivity contribution in [2.75, 3.05) is 10.7 Å². The van der Waals surface area contributed by atoms with E-state index in [0.29, 0.717) is 29.1 Å². The zero-order chi connectivity index (χ0) is 21.6. The molecule has 0 aliphatic heterocycles. The number of anilines is 1. The Morgan fingerprint density at radius 3 is 2.68 bits per heavy atom. The molecular weight excluding hydrogens is 435 g/mol. The van der Waals surface area contributed by atoms with Crippen LogP contribution in [-0.2, 0) is 17.9 Å². The lowest BCUT2D eigenvalue weighted by molar-refractivity contribution is -0.116. The lowest BCUT2D eigenvalue weighted by atomic mass is 10.2. The Labute approximate surface area is 186 Å². The van der Waals surface area contributed by atoms with E-state index in [1.165, 1.54) is 35.2 Å². The highest BCUT2D eigenvalue weighted by Crippen LogP contribution is 2.29. The Morgan fingerprint density at radius 2 is 1.94 bits per heavy atom. The molecule has 0 unspecified atom stereocenters. The molecule has 31 heavy (non-hydrogen) atoms. The van der Waals surface area contributed by atoms with Gasteiger partial charge in [0.15, 0.2) is 5.13 Å². The number of rotatable bonds is 8. The summed E-state index contributed by atoms with van der Waals surface area (Å²) >= 11 is 2.68. The number of aromatic nitrogens is 5. The average Bonchev–Trinajstić information content (AvgIpc) is 3.46. The van der Waals surface area contributed by atoms with Gasteiger partial charge in [-0.2, -0.15) is 0 Å². The fourth-order valence-corrected chi connectivity index (χ4v) is 4.54. The molecule has 0 saturated heterocycles. The van der Waals surface area contributed by atoms with E-state index in [0.717, 1.165) is 11.1 Å². The highest BCUT2D eigenvalue weighted by Gasteiger charge is 2.21. The normalized spacial score (nSPS) is 10.9. The number of halogens is 1. The maximum atomic E-state index is 13.3. The van der Waals surface area contributed by atoms with Gasteiger partial charge in [-0.3, -0.25) is 9.69 Å². The molecule has 0 aliphatic rings. The van der Waals surface area contributed by atoms with Crippen molar-refractivity contribution in [3.8, 4) is 11.3 Å². The van der Waals surface area contributed by atoms with Crippen molar-refractivity contribution in [1.82, 2.24) is 25.2 Å². The van der Waals surface area contributed by atoms with Crippen LogP contribution in [0.1, 0.15) is 12.5 Å². The highest BCUT2D eigenvalue weighted by atomic mass is 32.2. The molecule has 2 aromatic carbocycles. The van der Waals surface area contributed by atoms with E-state index in [-0.39, 0.29) is 17.5 Å². The molecule has 4 rings (SSSR count). The zero-order valence-corrected chi connectivity index (χ0v) is 18.3. The SMILES string of the molecule is CCn1nnnc1SCC(=O)N(Cc1ccccc1)c1nc(-c2ccc(F)cc2)cs1. The molecule has 0 spiro atoms. The first kappa shape index (κ1) is 21.1. The third-order valence-corrected chi connectivity index (χ3v) is 6.28. The van der Waals surface area contributed by atoms with Crippen LogP contribution in [0.4, 0.5) is 9.52 Å². The molecule has 10 heteroatoms. The lowest BCUT2D eigenvalue weighted by Gasteiger charge is -2.20. The number of thiazole rings is 1. The van der Waals surface area contributed by atoms with Gasteiger partial charge >= 0.3 is 0 Å². The molecule has 158 valence electrons. The van der Waals surface area contributed by atoms with Gasteiger partial charge in [0.2, 0.25) is 11.1 Å². The van der Waals surface area contributed by atoms with Gasteiger partial charge in [0.25, 0.3) is 0 Å². The van der Waals surface area contributed by atoms with Crippen LogP contribution < -0.4 is 4.90 Å². The minimum Gasteiger partial charge on any atom is -0.283 e. The molecule has 0 aliphatic carbocycles. The molecule has 4 aromatic rings. The Bertz CT molecular complexity index is 1150. The number of amides is 1. The third kappa shape index (κ3) is 5.15. The second kappa shape index (κ2) is 9.80. The molecule has 0 atom stereocenters. The molecule has 2 heterocycles. The molecule has 0 bridgehead atoms. The smallest absolute Gasteiger partial charge is 0.239 e. The first-order valence-electron chi connectivity index (χ1n) is 9.58. The standard InChI is InChI=1S/C21H19FN6OS2/c1-2-28-21(24-25-26-28)31-14-19(29)27(12-15-6-4-3-5-7-15)20-23-18(13-30-20)16-8-10-17(22)11-9-16/h3-11,13H,2,12,14H2,1H3. The Balaban J connectivity index is 1.57. The van der Waals surface area contributed by atoms with Crippen molar-refractivity contribution in [1.29, 1.82) is 0 Å². The topological polar surface area (TPSA) is 76.8 Å². The molecule has 0 radical (unpaired) electrons. The van der Waals surface area contributed by atoms with Crippen LogP contribution in [0.2, 0.25) is 0 Å². The molecule has 0 saturated carbocycles. The Hall–Kier alpha value is -3.11. The number of tetrazole rings is 1. The summed E-state index contributed by atoms with van der Waals surface area (Å²) in [5, 5.41) is 14.6. The van der Waals surface area contributed by atoms with E-state index in [1.807, 2.05) is 42.6 Å². The Kier molecular flexibility index (Phi) is 6.68. The molecule has 1 amide bonds. The van der Waals surface area contributed by atoms with Crippen LogP contribution in [0, 0.1) is 5.82 Å². The van der Waals surface area contributed by atoms with Crippen molar-refractivity contribution >= 4 is 34.1 Å². The summed E-state index contributed by atoms with van der Waals surface area (Å²) in [6, 6.07) is 15.9. The number of hydrogen-bond acceptors (Lipinski definition) is 7. The molecule has 0 N–H and O–H groups in total. The number of thioether (sulfide) groups is 1. The second-order valence-corrected chi connectivity index (χ2v) is 8.33. The van der Waals surface area contributed by atoms with E-state index in [9.17, 15) is 9.18 Å². The number of benzene rings is 2. The van der Waals surface area contributed by atoms with Crippen molar-refractivity contribution in [2.45, 2.75) is 25.2 Å². The number of nitrogens with zero attached hydrogens (tertiary/aromatic N) is 6. The minimum atomic E-state index is -0.300. The maximum absolute atomic E-state index is 13.3. The van der Waals surface area contributed by atoms with Crippen LogP contribution in [-0.4, -0.2) is 36.9 Å². The summed E-state index contributed by atoms with van der Waals surface area (Å²) in [5.74, 6) is -0.218. The summed E-state index contributed by atoms with van der Waals surface area (Å²) in [6.45, 7) is 2.97. The van der Waals surface area contributed by atoms with Gasteiger partial charge in [-0.25, -0.2) is 14.1 Å². The summed E-state index contributed by atoms with van der Waals surface area (Å²) in [7, 11) is 0. The number of carbonyl (C=O) groups is 1. The summed E-state index contributed by atoms with van der Waals surface area (Å²) < 4.78 is 14.9. The first-order chi connectivity index (χ1) is 15.1. The van der Waals surface area contributed by atoms with E-state index in [4.69, 9.17) is 0 Å². The molecule has 2 aromatic heterocycles. The fourth-order valence-electron chi connectivity index (χ4n) is 2.87. The van der Waals surface area contributed by atoms with Crippen LogP contribution in [0.3, 0.4) is 0 Å². The van der Waals surface area contributed by atoms with Gasteiger partial charge < -0.3 is 0 Å². The van der Waals surface area contributed by atoms with Crippen molar-refractivity contribution in [3.05, 3.63) is 71.4 Å². The Morgan fingerprint density at radius 1 is 1.16 bits per heavy atom. The minimum absolute atomic E-state index is 0.0977. The number of carbonyl (C=O) groups excluding carboxylic acids is 1. The quantitative estimate of drug-likeness (QED) is 0.370. The van der Waals surface area contributed by atoms with E-state index < -0.39 is 0 Å². The van der Waals surface area contributed by atoms with Crippen molar-refractivity contribution in [2.24, 2.45) is 0 Å². The van der Waals surface area contributed by atoms with Crippen LogP contribution in [0.15, 0.2) is 65.1 Å². The van der Waals surface area contributed by atoms with Gasteiger partial charge in [-0.05, 0) is 47.2 Å². The predicted molar refractivity (Wildman–Crippen MR) is 119 cm³/mol. The van der Waals surface area contributed by atoms with Gasteiger partial charge in [-0.15, -0.1) is 16.4 Å². The van der Waals surface area contributed by atoms with Crippen LogP contribution in [0.25, 0.3) is 11.3 Å². The number of aryl methyl sites for hydroxylation is 1. The lowest BCUT2D eigenvalue weighted by Crippen LogP contribution is -2.32. The molecular formula is C21H19FN6OS2. The van der Waals surface area contributed by atoms with Gasteiger partial charge in [0.1, 0.15) is 5.82 Å². The van der Waals surface area contributed by atoms with E-state index in [1.54, 1.807) is 21.7 Å². The second-order valence-electron chi connectivity index (χ2n) is 6.55. The number of hydrogen-bond donors (Lipinski definition) is 0. The predicted octanol–water partition coefficient (Wildman–Crippen LogP) is 4.28. The average molecular weight is 455 g/mol. The third-order valence-electron chi connectivity index (χ3n) is 4.47. The van der Waals surface area contributed by atoms with Crippen molar-refractivity contribution < 1.29 is 9.18 Å². The molecule has 7 nitrogen and oxygen atoms in total. The van der Waals surface area contributed by atoms with Crippen molar-refractivity contribution in [3.63, 3.8) is 0 Å². The first-order valence-corrected chi connectivity index (χ1v) is 11.5. The van der Waals surface area contributed by atoms with E-state index >= 15 is 0 Å². The van der Waals surface area contributed by atoms with Gasteiger partial charge in [0.05, 0.1) is 18.0 Å². The zero-order valence-electron chi connectivity index (χ0n) is 16.7.